The number of carbonyl (C=O) groups is 1. The molecule has 21 heavy (non-hydrogen) atoms. The number of aliphatic hydroxyl groups is 1. The average molecular weight is 294 g/mol. The van der Waals surface area contributed by atoms with Crippen molar-refractivity contribution in [3.8, 4) is 0 Å². The molecule has 0 aromatic carbocycles. The molecule has 1 heterocycles. The third kappa shape index (κ3) is 4.24. The Balaban J connectivity index is 1.82. The minimum Gasteiger partial charge on any atom is -0.466 e. The van der Waals surface area contributed by atoms with E-state index in [2.05, 4.69) is 10.6 Å². The van der Waals surface area contributed by atoms with Crippen molar-refractivity contribution in [2.45, 2.75) is 64.5 Å². The first kappa shape index (κ1) is 15.9. The van der Waals surface area contributed by atoms with Crippen LogP contribution in [0.3, 0.4) is 0 Å². The second-order valence-corrected chi connectivity index (χ2v) is 6.20. The second-order valence-electron chi connectivity index (χ2n) is 6.20. The second kappa shape index (κ2) is 6.52. The predicted molar refractivity (Wildman–Crippen MR) is 81.2 cm³/mol. The van der Waals surface area contributed by atoms with Crippen LogP contribution in [0.2, 0.25) is 0 Å². The smallest absolute Gasteiger partial charge is 0.315 e. The third-order valence-corrected chi connectivity index (χ3v) is 4.26. The molecule has 5 nitrogen and oxygen atoms in total. The van der Waals surface area contributed by atoms with Crippen LogP contribution < -0.4 is 10.6 Å². The van der Waals surface area contributed by atoms with Crippen molar-refractivity contribution < 1.29 is 14.3 Å². The average Bonchev–Trinajstić information content (AvgIpc) is 2.77. The van der Waals surface area contributed by atoms with Gasteiger partial charge in [0.05, 0.1) is 11.6 Å². The quantitative estimate of drug-likeness (QED) is 0.799. The van der Waals surface area contributed by atoms with Crippen molar-refractivity contribution in [2.24, 2.45) is 0 Å². The van der Waals surface area contributed by atoms with Gasteiger partial charge in [-0.3, -0.25) is 0 Å². The Morgan fingerprint density at radius 3 is 2.62 bits per heavy atom. The zero-order chi connectivity index (χ0) is 15.5. The third-order valence-electron chi connectivity index (χ3n) is 4.26. The van der Waals surface area contributed by atoms with E-state index in [0.29, 0.717) is 6.54 Å². The molecule has 0 radical (unpaired) electrons. The van der Waals surface area contributed by atoms with E-state index in [4.69, 9.17) is 4.42 Å². The molecule has 0 bridgehead atoms. The molecule has 1 aromatic heterocycles. The molecule has 0 saturated heterocycles. The van der Waals surface area contributed by atoms with E-state index in [1.165, 1.54) is 6.42 Å². The summed E-state index contributed by atoms with van der Waals surface area (Å²) >= 11 is 0. The number of hydrogen-bond donors (Lipinski definition) is 3. The molecular weight excluding hydrogens is 268 g/mol. The fourth-order valence-corrected chi connectivity index (χ4v) is 3.04. The van der Waals surface area contributed by atoms with Gasteiger partial charge in [0, 0.05) is 12.1 Å². The Morgan fingerprint density at radius 1 is 1.38 bits per heavy atom. The van der Waals surface area contributed by atoms with E-state index in [1.807, 2.05) is 26.8 Å². The minimum atomic E-state index is -0.735. The molecule has 1 aliphatic carbocycles. The summed E-state index contributed by atoms with van der Waals surface area (Å²) in [4.78, 5) is 12.0. The summed E-state index contributed by atoms with van der Waals surface area (Å²) in [6.07, 6.45) is 4.77. The standard InChI is InChI=1S/C16H26N2O3/c1-11-9-14(13(3)21-11)12(2)18-15(19)17-10-16(20)7-5-4-6-8-16/h9,12,20H,4-8,10H2,1-3H3,(H2,17,18,19). The highest BCUT2D eigenvalue weighted by Gasteiger charge is 2.29. The fourth-order valence-electron chi connectivity index (χ4n) is 3.04. The molecule has 1 atom stereocenters. The van der Waals surface area contributed by atoms with E-state index in [1.54, 1.807) is 0 Å². The summed E-state index contributed by atoms with van der Waals surface area (Å²) in [7, 11) is 0. The maximum atomic E-state index is 12.0. The fraction of sp³-hybridized carbons (Fsp3) is 0.688. The number of furan rings is 1. The molecule has 5 heteroatoms. The SMILES string of the molecule is Cc1cc(C(C)NC(=O)NCC2(O)CCCCC2)c(C)o1. The van der Waals surface area contributed by atoms with Gasteiger partial charge in [0.25, 0.3) is 0 Å². The van der Waals surface area contributed by atoms with E-state index >= 15 is 0 Å². The number of amides is 2. The monoisotopic (exact) mass is 294 g/mol. The number of nitrogens with one attached hydrogen (secondary N) is 2. The number of carbonyl (C=O) groups excluding carboxylic acids is 1. The molecule has 1 aromatic rings. The molecule has 118 valence electrons. The molecule has 1 aliphatic rings. The van der Waals surface area contributed by atoms with Gasteiger partial charge in [-0.15, -0.1) is 0 Å². The first-order chi connectivity index (χ1) is 9.89. The number of hydrogen-bond acceptors (Lipinski definition) is 3. The predicted octanol–water partition coefficient (Wildman–Crippen LogP) is 2.95. The molecule has 2 rings (SSSR count). The van der Waals surface area contributed by atoms with Crippen LogP contribution in [0.5, 0.6) is 0 Å². The van der Waals surface area contributed by atoms with Gasteiger partial charge < -0.3 is 20.2 Å². The van der Waals surface area contributed by atoms with Gasteiger partial charge in [0.1, 0.15) is 11.5 Å². The highest BCUT2D eigenvalue weighted by molar-refractivity contribution is 5.74. The topological polar surface area (TPSA) is 74.5 Å². The normalized spacial score (nSPS) is 19.0. The van der Waals surface area contributed by atoms with Crippen LogP contribution in [0.4, 0.5) is 4.79 Å². The van der Waals surface area contributed by atoms with Crippen molar-refractivity contribution in [1.82, 2.24) is 10.6 Å². The van der Waals surface area contributed by atoms with Crippen LogP contribution >= 0.6 is 0 Å². The first-order valence-corrected chi connectivity index (χ1v) is 7.73. The van der Waals surface area contributed by atoms with E-state index in [0.717, 1.165) is 42.8 Å². The highest BCUT2D eigenvalue weighted by Crippen LogP contribution is 2.27. The molecule has 1 saturated carbocycles. The van der Waals surface area contributed by atoms with Gasteiger partial charge in [0.15, 0.2) is 0 Å². The Morgan fingerprint density at radius 2 is 2.05 bits per heavy atom. The lowest BCUT2D eigenvalue weighted by molar-refractivity contribution is 0.00713. The van der Waals surface area contributed by atoms with Crippen molar-refractivity contribution in [1.29, 1.82) is 0 Å². The summed E-state index contributed by atoms with van der Waals surface area (Å²) in [5.74, 6) is 1.67. The lowest BCUT2D eigenvalue weighted by atomic mass is 9.85. The molecule has 1 unspecified atom stereocenters. The Kier molecular flexibility index (Phi) is 4.93. The van der Waals surface area contributed by atoms with Gasteiger partial charge in [0.2, 0.25) is 0 Å². The van der Waals surface area contributed by atoms with Crippen molar-refractivity contribution in [3.63, 3.8) is 0 Å². The summed E-state index contributed by atoms with van der Waals surface area (Å²) < 4.78 is 5.48. The maximum Gasteiger partial charge on any atom is 0.315 e. The van der Waals surface area contributed by atoms with Crippen molar-refractivity contribution >= 4 is 6.03 Å². The number of rotatable bonds is 4. The zero-order valence-corrected chi connectivity index (χ0v) is 13.2. The van der Waals surface area contributed by atoms with Crippen molar-refractivity contribution in [3.05, 3.63) is 23.2 Å². The van der Waals surface area contributed by atoms with Crippen LogP contribution in [0.1, 0.15) is 62.2 Å². The summed E-state index contributed by atoms with van der Waals surface area (Å²) in [6.45, 7) is 6.02. The first-order valence-electron chi connectivity index (χ1n) is 7.73. The van der Waals surface area contributed by atoms with E-state index in [9.17, 15) is 9.90 Å². The molecule has 2 amide bonds. The van der Waals surface area contributed by atoms with Gasteiger partial charge in [-0.25, -0.2) is 4.79 Å². The minimum absolute atomic E-state index is 0.122. The van der Waals surface area contributed by atoms with Crippen LogP contribution in [-0.2, 0) is 0 Å². The molecule has 1 fully saturated rings. The van der Waals surface area contributed by atoms with Crippen LogP contribution in [0.15, 0.2) is 10.5 Å². The molecular formula is C16H26N2O3. The summed E-state index contributed by atoms with van der Waals surface area (Å²) in [5, 5.41) is 16.0. The lowest BCUT2D eigenvalue weighted by Crippen LogP contribution is -2.47. The highest BCUT2D eigenvalue weighted by atomic mass is 16.3. The van der Waals surface area contributed by atoms with Crippen LogP contribution in [-0.4, -0.2) is 23.3 Å². The summed E-state index contributed by atoms with van der Waals surface area (Å²) in [5.41, 5.74) is 0.250. The Bertz CT molecular complexity index is 490. The van der Waals surface area contributed by atoms with Crippen molar-refractivity contribution in [2.75, 3.05) is 6.54 Å². The van der Waals surface area contributed by atoms with E-state index in [-0.39, 0.29) is 12.1 Å². The maximum absolute atomic E-state index is 12.0. The number of urea groups is 1. The number of aryl methyl sites for hydroxylation is 2. The van der Waals surface area contributed by atoms with Gasteiger partial charge in [-0.1, -0.05) is 19.3 Å². The van der Waals surface area contributed by atoms with Crippen LogP contribution in [0, 0.1) is 13.8 Å². The Hall–Kier alpha value is -1.49. The van der Waals surface area contributed by atoms with E-state index < -0.39 is 5.60 Å². The lowest BCUT2D eigenvalue weighted by Gasteiger charge is -2.32. The molecule has 0 spiro atoms. The summed E-state index contributed by atoms with van der Waals surface area (Å²) in [6, 6.07) is 1.57. The van der Waals surface area contributed by atoms with Gasteiger partial charge in [-0.05, 0) is 39.7 Å². The van der Waals surface area contributed by atoms with Crippen LogP contribution in [0.25, 0.3) is 0 Å². The van der Waals surface area contributed by atoms with Gasteiger partial charge >= 0.3 is 6.03 Å². The van der Waals surface area contributed by atoms with Gasteiger partial charge in [-0.2, -0.15) is 0 Å². The Labute approximate surface area is 126 Å². The molecule has 3 N–H and O–H groups in total. The zero-order valence-electron chi connectivity index (χ0n) is 13.2. The largest absolute Gasteiger partial charge is 0.466 e. The molecule has 0 aliphatic heterocycles.